The summed E-state index contributed by atoms with van der Waals surface area (Å²) >= 11 is 0. The highest BCUT2D eigenvalue weighted by molar-refractivity contribution is 5.78. The Balaban J connectivity index is 2.42. The highest BCUT2D eigenvalue weighted by Gasteiger charge is 2.65. The highest BCUT2D eigenvalue weighted by atomic mass is 19.4. The molecule has 102 valence electrons. The third-order valence-corrected chi connectivity index (χ3v) is 3.26. The monoisotopic (exact) mass is 271 g/mol. The highest BCUT2D eigenvalue weighted by Crippen LogP contribution is 2.64. The van der Waals surface area contributed by atoms with Crippen molar-refractivity contribution in [1.29, 1.82) is 0 Å². The number of carboxylic acid groups (broad SMARTS) is 1. The Bertz CT molecular complexity index is 504. The predicted octanol–water partition coefficient (Wildman–Crippen LogP) is 3.28. The molecule has 1 aromatic rings. The maximum Gasteiger partial charge on any atom is 0.398 e. The molecule has 0 spiro atoms. The molecular weight excluding hydrogens is 259 g/mol. The number of aliphatic carboxylic acids is 1. The van der Waals surface area contributed by atoms with E-state index in [2.05, 4.69) is 4.98 Å². The zero-order chi connectivity index (χ0) is 14.1. The van der Waals surface area contributed by atoms with Gasteiger partial charge in [-0.1, -0.05) is 12.1 Å². The first-order valence-electron chi connectivity index (χ1n) is 5.76. The molecule has 6 heteroatoms. The summed E-state index contributed by atoms with van der Waals surface area (Å²) in [5.41, 5.74) is -1.54. The Morgan fingerprint density at radius 1 is 1.47 bits per heavy atom. The van der Waals surface area contributed by atoms with E-state index in [1.54, 1.807) is 0 Å². The Morgan fingerprint density at radius 2 is 2.16 bits per heavy atom. The van der Waals surface area contributed by atoms with Gasteiger partial charge < -0.3 is 5.11 Å². The van der Waals surface area contributed by atoms with Crippen molar-refractivity contribution in [2.24, 2.45) is 5.41 Å². The van der Waals surface area contributed by atoms with Gasteiger partial charge in [-0.15, -0.1) is 0 Å². The Labute approximate surface area is 107 Å². The molecule has 1 aliphatic rings. The molecule has 0 amide bonds. The summed E-state index contributed by atoms with van der Waals surface area (Å²) in [5, 5.41) is 8.66. The molecule has 1 heterocycles. The molecule has 0 aromatic carbocycles. The van der Waals surface area contributed by atoms with Gasteiger partial charge in [0.25, 0.3) is 0 Å². The van der Waals surface area contributed by atoms with Gasteiger partial charge in [0, 0.05) is 12.4 Å². The number of hydrogen-bond acceptors (Lipinski definition) is 2. The zero-order valence-electron chi connectivity index (χ0n) is 9.94. The summed E-state index contributed by atoms with van der Waals surface area (Å²) in [6.45, 7) is 0. The van der Waals surface area contributed by atoms with Crippen molar-refractivity contribution in [3.63, 3.8) is 0 Å². The first kappa shape index (κ1) is 13.6. The lowest BCUT2D eigenvalue weighted by Gasteiger charge is -2.23. The molecule has 0 atom stereocenters. The number of allylic oxidation sites excluding steroid dienone is 1. The number of alkyl halides is 3. The lowest BCUT2D eigenvalue weighted by atomic mass is 9.89. The van der Waals surface area contributed by atoms with Crippen LogP contribution < -0.4 is 0 Å². The van der Waals surface area contributed by atoms with Gasteiger partial charge in [0.05, 0.1) is 11.8 Å². The van der Waals surface area contributed by atoms with E-state index < -0.39 is 24.0 Å². The summed E-state index contributed by atoms with van der Waals surface area (Å²) < 4.78 is 39.4. The molecule has 0 aliphatic heterocycles. The van der Waals surface area contributed by atoms with E-state index in [0.717, 1.165) is 6.08 Å². The second kappa shape index (κ2) is 4.68. The molecule has 1 saturated carbocycles. The quantitative estimate of drug-likeness (QED) is 0.914. The lowest BCUT2D eigenvalue weighted by Crippen LogP contribution is -2.26. The molecule has 0 saturated heterocycles. The lowest BCUT2D eigenvalue weighted by molar-refractivity contribution is -0.168. The van der Waals surface area contributed by atoms with E-state index in [0.29, 0.717) is 5.56 Å². The number of halogens is 3. The van der Waals surface area contributed by atoms with Crippen molar-refractivity contribution in [2.75, 3.05) is 0 Å². The summed E-state index contributed by atoms with van der Waals surface area (Å²) in [6, 6.07) is 3.06. The van der Waals surface area contributed by atoms with Gasteiger partial charge in [-0.05, 0) is 30.0 Å². The van der Waals surface area contributed by atoms with Crippen LogP contribution in [0.15, 0.2) is 30.6 Å². The normalized spacial score (nSPS) is 18.2. The molecule has 1 aliphatic carbocycles. The van der Waals surface area contributed by atoms with Gasteiger partial charge in [-0.25, -0.2) is 0 Å². The van der Waals surface area contributed by atoms with Crippen molar-refractivity contribution < 1.29 is 23.1 Å². The number of carboxylic acids is 1. The van der Waals surface area contributed by atoms with Crippen LogP contribution in [0.25, 0.3) is 5.57 Å². The van der Waals surface area contributed by atoms with Crippen molar-refractivity contribution in [2.45, 2.75) is 25.4 Å². The van der Waals surface area contributed by atoms with E-state index in [9.17, 15) is 18.0 Å². The van der Waals surface area contributed by atoms with Gasteiger partial charge >= 0.3 is 12.1 Å². The topological polar surface area (TPSA) is 50.2 Å². The van der Waals surface area contributed by atoms with Crippen molar-refractivity contribution in [3.05, 3.63) is 36.2 Å². The van der Waals surface area contributed by atoms with Gasteiger partial charge in [-0.2, -0.15) is 13.2 Å². The van der Waals surface area contributed by atoms with Crippen LogP contribution in [0.3, 0.4) is 0 Å². The molecule has 0 radical (unpaired) electrons. The molecule has 0 bridgehead atoms. The van der Waals surface area contributed by atoms with E-state index in [4.69, 9.17) is 5.11 Å². The average Bonchev–Trinajstić information content (AvgIpc) is 3.11. The predicted molar refractivity (Wildman–Crippen MR) is 62.2 cm³/mol. The maximum absolute atomic E-state index is 13.1. The van der Waals surface area contributed by atoms with Crippen LogP contribution in [-0.2, 0) is 4.79 Å². The minimum absolute atomic E-state index is 0.00313. The van der Waals surface area contributed by atoms with Crippen LogP contribution in [0.1, 0.15) is 24.8 Å². The third kappa shape index (κ3) is 2.62. The molecule has 1 fully saturated rings. The first-order valence-corrected chi connectivity index (χ1v) is 5.76. The number of pyridine rings is 1. The van der Waals surface area contributed by atoms with Crippen LogP contribution in [0.5, 0.6) is 0 Å². The standard InChI is InChI=1S/C13H12F3NO2/c14-13(15,16)12(5-6-12)10(3-4-11(18)19)9-2-1-7-17-8-9/h1-3,7-8H,4-6H2,(H,18,19)/b10-3+. The van der Waals surface area contributed by atoms with E-state index in [1.807, 2.05) is 0 Å². The molecule has 2 rings (SSSR count). The number of rotatable bonds is 4. The maximum atomic E-state index is 13.1. The van der Waals surface area contributed by atoms with Gasteiger partial charge in [0.1, 0.15) is 0 Å². The van der Waals surface area contributed by atoms with Crippen molar-refractivity contribution in [1.82, 2.24) is 4.98 Å². The molecule has 1 N–H and O–H groups in total. The van der Waals surface area contributed by atoms with Gasteiger partial charge in [0.15, 0.2) is 0 Å². The summed E-state index contributed by atoms with van der Waals surface area (Å²) in [4.78, 5) is 14.4. The summed E-state index contributed by atoms with van der Waals surface area (Å²) in [5.74, 6) is -1.15. The van der Waals surface area contributed by atoms with Gasteiger partial charge in [0.2, 0.25) is 0 Å². The third-order valence-electron chi connectivity index (χ3n) is 3.26. The molecule has 3 nitrogen and oxygen atoms in total. The summed E-state index contributed by atoms with van der Waals surface area (Å²) in [7, 11) is 0. The average molecular weight is 271 g/mol. The van der Waals surface area contributed by atoms with E-state index in [1.165, 1.54) is 24.5 Å². The van der Waals surface area contributed by atoms with Crippen LogP contribution in [-0.4, -0.2) is 22.2 Å². The Kier molecular flexibility index (Phi) is 3.34. The molecule has 1 aromatic heterocycles. The van der Waals surface area contributed by atoms with Crippen LogP contribution in [0.4, 0.5) is 13.2 Å². The summed E-state index contributed by atoms with van der Waals surface area (Å²) in [6.07, 6.45) is -0.853. The van der Waals surface area contributed by atoms with Crippen LogP contribution >= 0.6 is 0 Å². The smallest absolute Gasteiger partial charge is 0.398 e. The number of carbonyl (C=O) groups is 1. The first-order chi connectivity index (χ1) is 8.87. The number of hydrogen-bond donors (Lipinski definition) is 1. The van der Waals surface area contributed by atoms with Crippen molar-refractivity contribution in [3.8, 4) is 0 Å². The zero-order valence-corrected chi connectivity index (χ0v) is 9.94. The fraction of sp³-hybridized carbons (Fsp3) is 0.385. The van der Waals surface area contributed by atoms with E-state index >= 15 is 0 Å². The van der Waals surface area contributed by atoms with Crippen molar-refractivity contribution >= 4 is 11.5 Å². The number of aromatic nitrogens is 1. The Hall–Kier alpha value is -1.85. The minimum Gasteiger partial charge on any atom is -0.481 e. The molecule has 19 heavy (non-hydrogen) atoms. The van der Waals surface area contributed by atoms with Crippen LogP contribution in [0.2, 0.25) is 0 Å². The second-order valence-corrected chi connectivity index (χ2v) is 4.54. The fourth-order valence-electron chi connectivity index (χ4n) is 2.13. The van der Waals surface area contributed by atoms with E-state index in [-0.39, 0.29) is 18.4 Å². The Morgan fingerprint density at radius 3 is 2.58 bits per heavy atom. The van der Waals surface area contributed by atoms with Gasteiger partial charge in [-0.3, -0.25) is 9.78 Å². The SMILES string of the molecule is O=C(O)C/C=C(\c1cccnc1)C1(C(F)(F)F)CC1. The second-order valence-electron chi connectivity index (χ2n) is 4.54. The molecular formula is C13H12F3NO2. The number of nitrogens with zero attached hydrogens (tertiary/aromatic N) is 1. The fourth-order valence-corrected chi connectivity index (χ4v) is 2.13. The minimum atomic E-state index is -4.37. The van der Waals surface area contributed by atoms with Crippen LogP contribution in [0, 0.1) is 5.41 Å². The molecule has 0 unspecified atom stereocenters. The largest absolute Gasteiger partial charge is 0.481 e.